The Morgan fingerprint density at radius 2 is 2.00 bits per heavy atom. The molecule has 1 amide bonds. The van der Waals surface area contributed by atoms with Crippen molar-refractivity contribution in [3.05, 3.63) is 0 Å². The van der Waals surface area contributed by atoms with Gasteiger partial charge in [0.15, 0.2) is 0 Å². The summed E-state index contributed by atoms with van der Waals surface area (Å²) in [6.45, 7) is 3.43. The number of carbonyl (C=O) groups is 2. The van der Waals surface area contributed by atoms with Gasteiger partial charge in [-0.2, -0.15) is 0 Å². The minimum atomic E-state index is 0.0442. The lowest BCUT2D eigenvalue weighted by Crippen LogP contribution is -2.52. The zero-order valence-corrected chi connectivity index (χ0v) is 10.2. The van der Waals surface area contributed by atoms with Crippen LogP contribution in [0, 0.1) is 0 Å². The van der Waals surface area contributed by atoms with Gasteiger partial charge in [0, 0.05) is 45.1 Å². The number of hydrogen-bond donors (Lipinski definition) is 1. The summed E-state index contributed by atoms with van der Waals surface area (Å²) < 4.78 is 0. The number of nitrogens with zero attached hydrogens (tertiary/aromatic N) is 2. The molecular formula is C12H21N3O2. The van der Waals surface area contributed by atoms with Crippen LogP contribution in [0.4, 0.5) is 0 Å². The summed E-state index contributed by atoms with van der Waals surface area (Å²) in [6, 6.07) is 0.423. The monoisotopic (exact) mass is 239 g/mol. The van der Waals surface area contributed by atoms with Crippen molar-refractivity contribution in [3.8, 4) is 0 Å². The van der Waals surface area contributed by atoms with E-state index in [0.717, 1.165) is 39.0 Å². The summed E-state index contributed by atoms with van der Waals surface area (Å²) in [7, 11) is 0. The lowest BCUT2D eigenvalue weighted by molar-refractivity contribution is -0.132. The molecule has 2 N–H and O–H groups in total. The van der Waals surface area contributed by atoms with Gasteiger partial charge in [-0.25, -0.2) is 0 Å². The average molecular weight is 239 g/mol. The van der Waals surface area contributed by atoms with Gasteiger partial charge in [-0.3, -0.25) is 14.5 Å². The SMILES string of the molecule is NCC(=O)N1CCCC(N2CCC(=O)CC2)C1. The standard InChI is InChI=1S/C12H21N3O2/c13-8-12(17)15-5-1-2-10(9-15)14-6-3-11(16)4-7-14/h10H,1-9,13H2. The predicted molar refractivity (Wildman–Crippen MR) is 64.5 cm³/mol. The zero-order valence-electron chi connectivity index (χ0n) is 10.2. The first kappa shape index (κ1) is 12.5. The van der Waals surface area contributed by atoms with Crippen LogP contribution in [0.25, 0.3) is 0 Å². The van der Waals surface area contributed by atoms with E-state index in [2.05, 4.69) is 4.90 Å². The lowest BCUT2D eigenvalue weighted by Gasteiger charge is -2.40. The van der Waals surface area contributed by atoms with E-state index >= 15 is 0 Å². The number of Topliss-reactive ketones (excluding diaryl/α,β-unsaturated/α-hetero) is 1. The molecule has 1 atom stereocenters. The fraction of sp³-hybridized carbons (Fsp3) is 0.833. The summed E-state index contributed by atoms with van der Waals surface area (Å²) in [5.74, 6) is 0.412. The van der Waals surface area contributed by atoms with Crippen molar-refractivity contribution in [3.63, 3.8) is 0 Å². The van der Waals surface area contributed by atoms with Crippen molar-refractivity contribution in [1.82, 2.24) is 9.80 Å². The number of likely N-dealkylation sites (tertiary alicyclic amines) is 2. The largest absolute Gasteiger partial charge is 0.340 e. The van der Waals surface area contributed by atoms with Crippen molar-refractivity contribution in [2.45, 2.75) is 31.7 Å². The molecule has 0 saturated carbocycles. The molecule has 0 spiro atoms. The van der Waals surface area contributed by atoms with Gasteiger partial charge in [-0.1, -0.05) is 0 Å². The summed E-state index contributed by atoms with van der Waals surface area (Å²) in [5.41, 5.74) is 5.40. The lowest BCUT2D eigenvalue weighted by atomic mass is 10.0. The molecule has 17 heavy (non-hydrogen) atoms. The van der Waals surface area contributed by atoms with E-state index in [0.29, 0.717) is 24.7 Å². The first-order valence-corrected chi connectivity index (χ1v) is 6.44. The van der Waals surface area contributed by atoms with Crippen LogP contribution in [0.15, 0.2) is 0 Å². The van der Waals surface area contributed by atoms with Gasteiger partial charge in [0.05, 0.1) is 6.54 Å². The molecule has 0 aromatic heterocycles. The van der Waals surface area contributed by atoms with Gasteiger partial charge in [0.2, 0.25) is 5.91 Å². The average Bonchev–Trinajstić information content (AvgIpc) is 2.39. The van der Waals surface area contributed by atoms with Crippen LogP contribution in [0.2, 0.25) is 0 Å². The quantitative estimate of drug-likeness (QED) is 0.712. The summed E-state index contributed by atoms with van der Waals surface area (Å²) in [4.78, 5) is 27.0. The molecule has 2 heterocycles. The van der Waals surface area contributed by atoms with E-state index in [1.54, 1.807) is 0 Å². The molecule has 2 aliphatic rings. The zero-order chi connectivity index (χ0) is 12.3. The highest BCUT2D eigenvalue weighted by molar-refractivity contribution is 5.79. The highest BCUT2D eigenvalue weighted by Crippen LogP contribution is 2.19. The molecule has 2 fully saturated rings. The maximum Gasteiger partial charge on any atom is 0.236 e. The Labute approximate surface area is 102 Å². The van der Waals surface area contributed by atoms with Crippen LogP contribution >= 0.6 is 0 Å². The van der Waals surface area contributed by atoms with Crippen molar-refractivity contribution >= 4 is 11.7 Å². The van der Waals surface area contributed by atoms with E-state index in [-0.39, 0.29) is 12.5 Å². The molecule has 1 unspecified atom stereocenters. The smallest absolute Gasteiger partial charge is 0.236 e. The Balaban J connectivity index is 1.88. The van der Waals surface area contributed by atoms with Gasteiger partial charge in [0.1, 0.15) is 5.78 Å². The van der Waals surface area contributed by atoms with E-state index in [1.807, 2.05) is 4.90 Å². The van der Waals surface area contributed by atoms with Gasteiger partial charge in [-0.15, -0.1) is 0 Å². The molecule has 2 aliphatic heterocycles. The predicted octanol–water partition coefficient (Wildman–Crippen LogP) is -0.399. The van der Waals surface area contributed by atoms with Gasteiger partial charge < -0.3 is 10.6 Å². The first-order chi connectivity index (χ1) is 8.20. The molecule has 5 heteroatoms. The van der Waals surface area contributed by atoms with Crippen molar-refractivity contribution in [1.29, 1.82) is 0 Å². The number of carbonyl (C=O) groups excluding carboxylic acids is 2. The van der Waals surface area contributed by atoms with E-state index < -0.39 is 0 Å². The fourth-order valence-electron chi connectivity index (χ4n) is 2.75. The number of rotatable bonds is 2. The summed E-state index contributed by atoms with van der Waals surface area (Å²) in [6.07, 6.45) is 3.51. The third-order valence-electron chi connectivity index (χ3n) is 3.80. The van der Waals surface area contributed by atoms with Gasteiger partial charge in [0.25, 0.3) is 0 Å². The second-order valence-corrected chi connectivity index (χ2v) is 4.91. The third kappa shape index (κ3) is 3.04. The molecule has 2 rings (SSSR count). The van der Waals surface area contributed by atoms with Crippen molar-refractivity contribution in [2.75, 3.05) is 32.7 Å². The molecule has 0 bridgehead atoms. The molecule has 96 valence electrons. The number of ketones is 1. The van der Waals surface area contributed by atoms with Crippen LogP contribution in [0.5, 0.6) is 0 Å². The maximum atomic E-state index is 11.6. The Morgan fingerprint density at radius 3 is 2.65 bits per heavy atom. The first-order valence-electron chi connectivity index (χ1n) is 6.44. The minimum Gasteiger partial charge on any atom is -0.340 e. The van der Waals surface area contributed by atoms with Crippen LogP contribution in [-0.2, 0) is 9.59 Å². The fourth-order valence-corrected chi connectivity index (χ4v) is 2.75. The Bertz CT molecular complexity index is 296. The number of piperidine rings is 2. The molecule has 0 aromatic carbocycles. The van der Waals surface area contributed by atoms with E-state index in [1.165, 1.54) is 0 Å². The summed E-state index contributed by atoms with van der Waals surface area (Å²) >= 11 is 0. The van der Waals surface area contributed by atoms with Crippen molar-refractivity contribution < 1.29 is 9.59 Å². The van der Waals surface area contributed by atoms with Crippen LogP contribution in [0.1, 0.15) is 25.7 Å². The van der Waals surface area contributed by atoms with Crippen LogP contribution in [-0.4, -0.2) is 60.3 Å². The van der Waals surface area contributed by atoms with E-state index in [4.69, 9.17) is 5.73 Å². The molecule has 0 aromatic rings. The Kier molecular flexibility index (Phi) is 4.12. The molecule has 0 radical (unpaired) electrons. The van der Waals surface area contributed by atoms with Gasteiger partial charge >= 0.3 is 0 Å². The molecule has 2 saturated heterocycles. The molecule has 5 nitrogen and oxygen atoms in total. The topological polar surface area (TPSA) is 66.6 Å². The van der Waals surface area contributed by atoms with E-state index in [9.17, 15) is 9.59 Å². The maximum absolute atomic E-state index is 11.6. The van der Waals surface area contributed by atoms with Gasteiger partial charge in [-0.05, 0) is 12.8 Å². The van der Waals surface area contributed by atoms with Crippen LogP contribution in [0.3, 0.4) is 0 Å². The molecular weight excluding hydrogens is 218 g/mol. The normalized spacial score (nSPS) is 27.2. The second kappa shape index (κ2) is 5.60. The number of hydrogen-bond acceptors (Lipinski definition) is 4. The summed E-state index contributed by atoms with van der Waals surface area (Å²) in [5, 5.41) is 0. The number of amides is 1. The Hall–Kier alpha value is -0.940. The van der Waals surface area contributed by atoms with Crippen molar-refractivity contribution in [2.24, 2.45) is 5.73 Å². The van der Waals surface area contributed by atoms with Crippen LogP contribution < -0.4 is 5.73 Å². The Morgan fingerprint density at radius 1 is 1.29 bits per heavy atom. The third-order valence-corrected chi connectivity index (χ3v) is 3.80. The minimum absolute atomic E-state index is 0.0442. The molecule has 0 aliphatic carbocycles. The second-order valence-electron chi connectivity index (χ2n) is 4.91. The number of nitrogens with two attached hydrogens (primary N) is 1. The highest BCUT2D eigenvalue weighted by atomic mass is 16.2. The highest BCUT2D eigenvalue weighted by Gasteiger charge is 2.29.